The van der Waals surface area contributed by atoms with Crippen LogP contribution in [0.5, 0.6) is 11.8 Å². The van der Waals surface area contributed by atoms with Gasteiger partial charge in [0.25, 0.3) is 0 Å². The molecule has 0 radical (unpaired) electrons. The van der Waals surface area contributed by atoms with Gasteiger partial charge >= 0.3 is 12.1 Å². The standard InChI is InChI=1S/C59H70ClFN10O9S/c1-7-35-9-8-10-37-21-40(72)23-43(48(35)37)50-49(61)51-44(25-62-50)54(69-26-38-12-13-39(27-69)71(38)58(77)78)67-57(66-51)80-20-19-68-17-15-34(16-18-68)29-79-30-47(74)65-53(59(4,5)6)56(76)70-28-41(73)24-46(70)55(75)64-32(2)36-11-14-42(45(60)22-36)52-33(3)63-31-81-52/h8-11,14,21-23,25,31-32,34,38-39,41,46,53,72-73H,7,12-13,15-20,24,26-30H2,1-6H3,(H,64,75)(H,65,74)(H,77,78)/t32-,38-,39+,41+,46-,53?/m0/s1. The Bertz CT molecular complexity index is 3340. The number of β-amino-alcohol motifs (C(OH)–C–C–N with tert-alkyl or cyclic N) is 1. The van der Waals surface area contributed by atoms with Gasteiger partial charge in [-0.3, -0.25) is 29.2 Å². The van der Waals surface area contributed by atoms with Gasteiger partial charge < -0.3 is 45.2 Å². The van der Waals surface area contributed by atoms with Gasteiger partial charge in [-0.15, -0.1) is 11.3 Å². The fourth-order valence-electron chi connectivity index (χ4n) is 12.1. The van der Waals surface area contributed by atoms with E-state index in [1.54, 1.807) is 17.8 Å². The van der Waals surface area contributed by atoms with Crippen molar-refractivity contribution >= 4 is 74.2 Å². The van der Waals surface area contributed by atoms with Crippen LogP contribution >= 0.6 is 22.9 Å². The summed E-state index contributed by atoms with van der Waals surface area (Å²) < 4.78 is 29.4. The number of aromatic nitrogens is 4. The molecule has 10 rings (SSSR count). The Morgan fingerprint density at radius 1 is 0.963 bits per heavy atom. The molecule has 4 aliphatic heterocycles. The number of nitrogens with one attached hydrogen (secondary N) is 2. The number of rotatable bonds is 17. The third-order valence-corrected chi connectivity index (χ3v) is 17.7. The lowest BCUT2D eigenvalue weighted by molar-refractivity contribution is -0.144. The minimum absolute atomic E-state index is 0.00636. The number of aliphatic hydroxyl groups is 1. The molecule has 4 aliphatic rings. The molecule has 6 aromatic rings. The van der Waals surface area contributed by atoms with Crippen LogP contribution in [0.15, 0.2) is 60.2 Å². The normalized spacial score (nSPS) is 20.5. The minimum Gasteiger partial charge on any atom is -0.508 e. The van der Waals surface area contributed by atoms with E-state index in [-0.39, 0.29) is 67.2 Å². The lowest BCUT2D eigenvalue weighted by atomic mass is 9.85. The van der Waals surface area contributed by atoms with Gasteiger partial charge in [0.05, 0.1) is 52.3 Å². The molecular weight excluding hydrogens is 1080 g/mol. The molecule has 1 unspecified atom stereocenters. The molecule has 4 saturated heterocycles. The summed E-state index contributed by atoms with van der Waals surface area (Å²) in [6.07, 6.45) is 3.40. The first-order valence-electron chi connectivity index (χ1n) is 27.8. The van der Waals surface area contributed by atoms with Crippen LogP contribution in [0.3, 0.4) is 0 Å². The summed E-state index contributed by atoms with van der Waals surface area (Å²) in [5.74, 6) is -1.49. The number of piperidine rings is 1. The second kappa shape index (κ2) is 24.0. The van der Waals surface area contributed by atoms with Crippen LogP contribution in [0, 0.1) is 24.1 Å². The number of pyridine rings is 1. The number of halogens is 2. The monoisotopic (exact) mass is 1150 g/mol. The topological polar surface area (TPSA) is 236 Å². The Morgan fingerprint density at radius 2 is 1.72 bits per heavy atom. The number of nitrogens with zero attached hydrogens (tertiary/aromatic N) is 8. The zero-order chi connectivity index (χ0) is 57.4. The van der Waals surface area contributed by atoms with Gasteiger partial charge in [-0.2, -0.15) is 9.97 Å². The Kier molecular flexibility index (Phi) is 17.0. The first-order valence-corrected chi connectivity index (χ1v) is 29.1. The highest BCUT2D eigenvalue weighted by Gasteiger charge is 2.46. The zero-order valence-corrected chi connectivity index (χ0v) is 48.0. The van der Waals surface area contributed by atoms with E-state index < -0.39 is 59.3 Å². The van der Waals surface area contributed by atoms with E-state index >= 15 is 4.39 Å². The number of fused-ring (bicyclic) bond motifs is 4. The molecule has 3 aromatic heterocycles. The summed E-state index contributed by atoms with van der Waals surface area (Å²) in [5.41, 5.74) is 4.96. The van der Waals surface area contributed by atoms with Crippen LogP contribution in [0.2, 0.25) is 5.02 Å². The smallest absolute Gasteiger partial charge is 0.407 e. The third kappa shape index (κ3) is 12.2. The lowest BCUT2D eigenvalue weighted by Gasteiger charge is -2.40. The molecule has 4 fully saturated rings. The van der Waals surface area contributed by atoms with Gasteiger partial charge in [-0.05, 0) is 110 Å². The molecule has 0 saturated carbocycles. The summed E-state index contributed by atoms with van der Waals surface area (Å²) in [7, 11) is 0. The maximum absolute atomic E-state index is 17.2. The molecule has 0 spiro atoms. The molecule has 5 N–H and O–H groups in total. The van der Waals surface area contributed by atoms with Crippen molar-refractivity contribution in [1.82, 2.24) is 45.3 Å². The number of hydrogen-bond acceptors (Lipinski definition) is 15. The highest BCUT2D eigenvalue weighted by Crippen LogP contribution is 2.41. The van der Waals surface area contributed by atoms with Crippen molar-refractivity contribution in [2.75, 3.05) is 64.0 Å². The van der Waals surface area contributed by atoms with Crippen molar-refractivity contribution in [2.24, 2.45) is 11.3 Å². The maximum atomic E-state index is 17.2. The van der Waals surface area contributed by atoms with Crippen molar-refractivity contribution in [3.05, 3.63) is 87.9 Å². The largest absolute Gasteiger partial charge is 0.508 e. The number of aryl methyl sites for hydroxylation is 2. The quantitative estimate of drug-likeness (QED) is 0.0580. The second-order valence-electron chi connectivity index (χ2n) is 23.0. The minimum atomic E-state index is -1.01. The van der Waals surface area contributed by atoms with E-state index in [1.165, 1.54) is 27.2 Å². The summed E-state index contributed by atoms with van der Waals surface area (Å²) >= 11 is 8.19. The van der Waals surface area contributed by atoms with Crippen LogP contribution in [0.1, 0.15) is 89.6 Å². The van der Waals surface area contributed by atoms with E-state index in [1.807, 2.05) is 82.8 Å². The van der Waals surface area contributed by atoms with Crippen LogP contribution in [-0.2, 0) is 25.5 Å². The van der Waals surface area contributed by atoms with Crippen molar-refractivity contribution in [2.45, 2.75) is 116 Å². The van der Waals surface area contributed by atoms with Crippen molar-refractivity contribution in [3.63, 3.8) is 0 Å². The number of likely N-dealkylation sites (tertiary alicyclic amines) is 2. The number of carbonyl (C=O) groups excluding carboxylic acids is 3. The Hall–Kier alpha value is -6.78. The highest BCUT2D eigenvalue weighted by atomic mass is 35.5. The summed E-state index contributed by atoms with van der Waals surface area (Å²) in [5, 5.41) is 39.8. The average Bonchev–Trinajstić information content (AvgIpc) is 4.16. The van der Waals surface area contributed by atoms with Crippen molar-refractivity contribution in [3.8, 4) is 33.5 Å². The number of carbonyl (C=O) groups is 4. The van der Waals surface area contributed by atoms with Gasteiger partial charge in [-0.1, -0.05) is 69.6 Å². The van der Waals surface area contributed by atoms with Gasteiger partial charge in [0.1, 0.15) is 48.1 Å². The molecule has 6 atom stereocenters. The Morgan fingerprint density at radius 3 is 2.40 bits per heavy atom. The predicted molar refractivity (Wildman–Crippen MR) is 307 cm³/mol. The number of aliphatic hydroxyl groups excluding tert-OH is 1. The fourth-order valence-corrected chi connectivity index (χ4v) is 13.3. The highest BCUT2D eigenvalue weighted by molar-refractivity contribution is 7.13. The molecular formula is C59H70ClFN10O9S. The number of anilines is 1. The number of phenolic OH excluding ortho intramolecular Hbond substituents is 1. The van der Waals surface area contributed by atoms with Crippen molar-refractivity contribution < 1.29 is 48.4 Å². The molecule has 0 aliphatic carbocycles. The molecule has 4 amide bonds. The lowest BCUT2D eigenvalue weighted by Crippen LogP contribution is -2.58. The molecule has 2 bridgehead atoms. The van der Waals surface area contributed by atoms with Crippen LogP contribution < -0.4 is 20.3 Å². The van der Waals surface area contributed by atoms with E-state index in [0.717, 1.165) is 64.0 Å². The van der Waals surface area contributed by atoms with Crippen LogP contribution in [0.4, 0.5) is 15.0 Å². The number of thiazole rings is 1. The number of aromatic hydroxyl groups is 1. The van der Waals surface area contributed by atoms with Gasteiger partial charge in [0.15, 0.2) is 5.82 Å². The molecule has 22 heteroatoms. The van der Waals surface area contributed by atoms with E-state index in [0.29, 0.717) is 67.3 Å². The number of amides is 4. The van der Waals surface area contributed by atoms with Crippen molar-refractivity contribution in [1.29, 1.82) is 0 Å². The zero-order valence-electron chi connectivity index (χ0n) is 46.5. The van der Waals surface area contributed by atoms with Crippen LogP contribution in [0.25, 0.3) is 43.4 Å². The second-order valence-corrected chi connectivity index (χ2v) is 24.3. The van der Waals surface area contributed by atoms with Gasteiger partial charge in [-0.25, -0.2) is 14.2 Å². The molecule has 7 heterocycles. The Labute approximate surface area is 478 Å². The maximum Gasteiger partial charge on any atom is 0.407 e. The van der Waals surface area contributed by atoms with Gasteiger partial charge in [0.2, 0.25) is 17.7 Å². The van der Waals surface area contributed by atoms with E-state index in [4.69, 9.17) is 26.1 Å². The third-order valence-electron chi connectivity index (χ3n) is 16.4. The summed E-state index contributed by atoms with van der Waals surface area (Å²) in [4.78, 5) is 80.3. The van der Waals surface area contributed by atoms with Crippen LogP contribution in [-0.4, -0.2) is 163 Å². The average molecular weight is 1150 g/mol. The number of carboxylic acid groups (broad SMARTS) is 1. The van der Waals surface area contributed by atoms with Gasteiger partial charge in [0, 0.05) is 54.9 Å². The number of ether oxygens (including phenoxy) is 2. The first kappa shape index (κ1) is 57.5. The number of piperazine rings is 1. The number of hydrogen-bond donors (Lipinski definition) is 5. The predicted octanol–water partition coefficient (Wildman–Crippen LogP) is 8.15. The molecule has 430 valence electrons. The molecule has 19 nitrogen and oxygen atoms in total. The SMILES string of the molecule is CCc1cccc2cc(O)cc(-c3ncc4c(N5C[C@H]6CC[C@@H](C5)N6C(=O)O)nc(OCCN5CCC(COCC(=O)NC(C(=O)N6C[C@H](O)C[C@H]6C(=O)N[C@@H](C)c6ccc(-c7scnc7C)c(Cl)c6)C(C)(C)C)CC5)nc4c3F)c12. The Balaban J connectivity index is 0.736. The fraction of sp³-hybridized carbons (Fsp3) is 0.492. The molecule has 3 aromatic carbocycles. The summed E-state index contributed by atoms with van der Waals surface area (Å²) in [6, 6.07) is 11.6. The number of phenols is 1. The number of benzene rings is 3. The first-order chi connectivity index (χ1) is 38.8. The van der Waals surface area contributed by atoms with E-state index in [9.17, 15) is 34.5 Å². The van der Waals surface area contributed by atoms with E-state index in [2.05, 4.69) is 30.5 Å². The summed E-state index contributed by atoms with van der Waals surface area (Å²) in [6.45, 7) is 14.2. The molecule has 81 heavy (non-hydrogen) atoms.